The molecular formula is C27H29BrN2O3. The van der Waals surface area contributed by atoms with E-state index in [2.05, 4.69) is 28.9 Å². The lowest BCUT2D eigenvalue weighted by molar-refractivity contribution is -0.0422. The van der Waals surface area contributed by atoms with Crippen LogP contribution in [0.1, 0.15) is 65.1 Å². The molecule has 0 fully saturated rings. The van der Waals surface area contributed by atoms with E-state index in [1.807, 2.05) is 51.9 Å². The minimum atomic E-state index is -0.257. The molecule has 172 valence electrons. The largest absolute Gasteiger partial charge is 0.375 e. The minimum absolute atomic E-state index is 0.0562. The monoisotopic (exact) mass is 508 g/mol. The molecule has 0 spiro atoms. The number of para-hydroxylation sites is 1. The van der Waals surface area contributed by atoms with Crippen LogP contribution in [0.3, 0.4) is 0 Å². The molecule has 0 aliphatic carbocycles. The Morgan fingerprint density at radius 2 is 2.00 bits per heavy atom. The molecule has 0 saturated heterocycles. The van der Waals surface area contributed by atoms with Gasteiger partial charge in [0.05, 0.1) is 11.2 Å². The van der Waals surface area contributed by atoms with Crippen LogP contribution in [0, 0.1) is 5.41 Å². The van der Waals surface area contributed by atoms with Gasteiger partial charge in [0.25, 0.3) is 5.91 Å². The van der Waals surface area contributed by atoms with Crippen molar-refractivity contribution >= 4 is 38.6 Å². The predicted octanol–water partition coefficient (Wildman–Crippen LogP) is 6.01. The van der Waals surface area contributed by atoms with Gasteiger partial charge in [0.2, 0.25) is 5.91 Å². The third-order valence-electron chi connectivity index (χ3n) is 7.61. The van der Waals surface area contributed by atoms with Crippen molar-refractivity contribution in [2.45, 2.75) is 45.1 Å². The van der Waals surface area contributed by atoms with Crippen LogP contribution < -0.4 is 0 Å². The molecule has 0 N–H and O–H groups in total. The molecule has 1 amide bonds. The van der Waals surface area contributed by atoms with Crippen molar-refractivity contribution in [3.8, 4) is 0 Å². The van der Waals surface area contributed by atoms with Crippen LogP contribution in [0.2, 0.25) is 0 Å². The quantitative estimate of drug-likeness (QED) is 0.435. The Labute approximate surface area is 202 Å². The first kappa shape index (κ1) is 22.4. The summed E-state index contributed by atoms with van der Waals surface area (Å²) in [4.78, 5) is 28.9. The van der Waals surface area contributed by atoms with E-state index >= 15 is 0 Å². The first-order chi connectivity index (χ1) is 16.0. The van der Waals surface area contributed by atoms with Gasteiger partial charge in [0.15, 0.2) is 0 Å². The molecule has 2 bridgehead atoms. The molecule has 1 aromatic heterocycles. The van der Waals surface area contributed by atoms with Crippen LogP contribution in [0.25, 0.3) is 10.9 Å². The van der Waals surface area contributed by atoms with Crippen LogP contribution in [0.15, 0.2) is 53.0 Å². The van der Waals surface area contributed by atoms with Gasteiger partial charge >= 0.3 is 0 Å². The third-order valence-corrected chi connectivity index (χ3v) is 8.10. The molecule has 2 aliphatic rings. The molecule has 3 heterocycles. The topological polar surface area (TPSA) is 51.5 Å². The van der Waals surface area contributed by atoms with Gasteiger partial charge in [-0.2, -0.15) is 0 Å². The highest BCUT2D eigenvalue weighted by atomic mass is 79.9. The fourth-order valence-corrected chi connectivity index (χ4v) is 6.35. The standard InChI is InChI=1S/C27H29BrN2O3/c1-3-27-13-7-14-29(26(32)18-8-6-9-19(28)16-18)15-12-21-20-10-4-5-11-22(20)30(23(31)17-27)24(21)25(27)33-2/h4-6,8-11,16,25H,3,7,12-15,17H2,1-2H3/t25?,27-/m0/s1. The zero-order chi connectivity index (χ0) is 23.2. The number of methoxy groups -OCH3 is 1. The second kappa shape index (κ2) is 8.73. The third kappa shape index (κ3) is 3.64. The summed E-state index contributed by atoms with van der Waals surface area (Å²) in [5, 5.41) is 1.09. The normalized spacial score (nSPS) is 23.1. The summed E-state index contributed by atoms with van der Waals surface area (Å²) >= 11 is 3.49. The van der Waals surface area contributed by atoms with Gasteiger partial charge in [0, 0.05) is 47.5 Å². The van der Waals surface area contributed by atoms with Crippen molar-refractivity contribution in [3.63, 3.8) is 0 Å². The van der Waals surface area contributed by atoms with Gasteiger partial charge in [-0.15, -0.1) is 0 Å². The molecule has 0 saturated carbocycles. The summed E-state index contributed by atoms with van der Waals surface area (Å²) in [6, 6.07) is 15.7. The number of aromatic nitrogens is 1. The summed E-state index contributed by atoms with van der Waals surface area (Å²) in [6.07, 6.45) is 3.57. The van der Waals surface area contributed by atoms with E-state index in [0.717, 1.165) is 45.9 Å². The number of hydrogen-bond donors (Lipinski definition) is 0. The Morgan fingerprint density at radius 3 is 2.76 bits per heavy atom. The highest BCUT2D eigenvalue weighted by Gasteiger charge is 2.48. The van der Waals surface area contributed by atoms with Gasteiger partial charge in [-0.1, -0.05) is 47.1 Å². The molecule has 5 rings (SSSR count). The Kier molecular flexibility index (Phi) is 5.91. The van der Waals surface area contributed by atoms with Crippen molar-refractivity contribution < 1.29 is 14.3 Å². The molecule has 0 radical (unpaired) electrons. The summed E-state index contributed by atoms with van der Waals surface area (Å²) in [5.41, 5.74) is 3.52. The van der Waals surface area contributed by atoms with E-state index in [0.29, 0.717) is 31.5 Å². The lowest BCUT2D eigenvalue weighted by Gasteiger charge is -2.44. The van der Waals surface area contributed by atoms with E-state index in [9.17, 15) is 9.59 Å². The number of carbonyl (C=O) groups is 2. The number of nitrogens with zero attached hydrogens (tertiary/aromatic N) is 2. The van der Waals surface area contributed by atoms with Crippen molar-refractivity contribution in [2.24, 2.45) is 5.41 Å². The van der Waals surface area contributed by atoms with Gasteiger partial charge in [-0.25, -0.2) is 0 Å². The Hall–Kier alpha value is -2.44. The number of ether oxygens (including phenoxy) is 1. The highest BCUT2D eigenvalue weighted by molar-refractivity contribution is 9.10. The molecule has 1 unspecified atom stereocenters. The SMILES string of the molecule is CC[C@]12CCCN(C(=O)c3cccc(Br)c3)CCc3c(n(c4ccccc34)C(=O)C1)C2OC. The smallest absolute Gasteiger partial charge is 0.253 e. The number of rotatable bonds is 3. The van der Waals surface area contributed by atoms with E-state index in [1.165, 1.54) is 0 Å². The van der Waals surface area contributed by atoms with Gasteiger partial charge in [-0.05, 0) is 55.5 Å². The zero-order valence-corrected chi connectivity index (χ0v) is 20.7. The number of carbonyl (C=O) groups excluding carboxylic acids is 2. The number of amides is 1. The van der Waals surface area contributed by atoms with E-state index in [-0.39, 0.29) is 23.3 Å². The second-order valence-electron chi connectivity index (χ2n) is 9.27. The maximum atomic E-state index is 13.5. The first-order valence-electron chi connectivity index (χ1n) is 11.7. The van der Waals surface area contributed by atoms with Gasteiger partial charge in [-0.3, -0.25) is 14.2 Å². The molecule has 2 atom stereocenters. The Balaban J connectivity index is 1.63. The highest BCUT2D eigenvalue weighted by Crippen LogP contribution is 2.52. The van der Waals surface area contributed by atoms with E-state index < -0.39 is 0 Å². The molecule has 2 aliphatic heterocycles. The van der Waals surface area contributed by atoms with Crippen LogP contribution in [0.4, 0.5) is 0 Å². The zero-order valence-electron chi connectivity index (χ0n) is 19.1. The van der Waals surface area contributed by atoms with Crippen molar-refractivity contribution in [1.82, 2.24) is 9.47 Å². The number of benzene rings is 2. The number of fused-ring (bicyclic) bond motifs is 4. The Bertz CT molecular complexity index is 1230. The fourth-order valence-electron chi connectivity index (χ4n) is 5.95. The Morgan fingerprint density at radius 1 is 1.18 bits per heavy atom. The number of hydrogen-bond acceptors (Lipinski definition) is 3. The van der Waals surface area contributed by atoms with Crippen molar-refractivity contribution in [1.29, 1.82) is 0 Å². The maximum absolute atomic E-state index is 13.5. The first-order valence-corrected chi connectivity index (χ1v) is 12.5. The average Bonchev–Trinajstić information content (AvgIpc) is 3.15. The lowest BCUT2D eigenvalue weighted by Crippen LogP contribution is -2.43. The number of halogens is 1. The predicted molar refractivity (Wildman–Crippen MR) is 133 cm³/mol. The second-order valence-corrected chi connectivity index (χ2v) is 10.2. The van der Waals surface area contributed by atoms with Gasteiger partial charge in [0.1, 0.15) is 6.10 Å². The minimum Gasteiger partial charge on any atom is -0.375 e. The van der Waals surface area contributed by atoms with Gasteiger partial charge < -0.3 is 9.64 Å². The van der Waals surface area contributed by atoms with Crippen LogP contribution >= 0.6 is 15.9 Å². The van der Waals surface area contributed by atoms with Crippen LogP contribution in [0.5, 0.6) is 0 Å². The average molecular weight is 509 g/mol. The summed E-state index contributed by atoms with van der Waals surface area (Å²) in [6.45, 7) is 3.44. The molecule has 6 heteroatoms. The lowest BCUT2D eigenvalue weighted by atomic mass is 9.69. The molecule has 33 heavy (non-hydrogen) atoms. The van der Waals surface area contributed by atoms with E-state index in [1.54, 1.807) is 7.11 Å². The summed E-state index contributed by atoms with van der Waals surface area (Å²) in [7, 11) is 1.77. The van der Waals surface area contributed by atoms with Crippen LogP contribution in [-0.4, -0.2) is 41.5 Å². The van der Waals surface area contributed by atoms with Crippen LogP contribution in [-0.2, 0) is 11.2 Å². The van der Waals surface area contributed by atoms with Crippen molar-refractivity contribution in [2.75, 3.05) is 20.2 Å². The molecule has 3 aromatic rings. The fraction of sp³-hybridized carbons (Fsp3) is 0.407. The molecule has 2 aromatic carbocycles. The van der Waals surface area contributed by atoms with E-state index in [4.69, 9.17) is 4.74 Å². The summed E-state index contributed by atoms with van der Waals surface area (Å²) < 4.78 is 8.96. The molecule has 5 nitrogen and oxygen atoms in total. The molecular weight excluding hydrogens is 480 g/mol. The summed E-state index contributed by atoms with van der Waals surface area (Å²) in [5.74, 6) is 0.214. The van der Waals surface area contributed by atoms with Crippen molar-refractivity contribution in [3.05, 3.63) is 69.8 Å². The maximum Gasteiger partial charge on any atom is 0.253 e.